The first-order chi connectivity index (χ1) is 9.08. The third kappa shape index (κ3) is 3.47. The number of carboxylic acids is 1. The minimum Gasteiger partial charge on any atom is -0.481 e. The summed E-state index contributed by atoms with van der Waals surface area (Å²) in [5.74, 6) is -0.137. The van der Waals surface area contributed by atoms with Crippen LogP contribution in [0.3, 0.4) is 0 Å². The Kier molecular flexibility index (Phi) is 4.43. The highest BCUT2D eigenvalue weighted by Crippen LogP contribution is 2.28. The lowest BCUT2D eigenvalue weighted by Gasteiger charge is -2.12. The van der Waals surface area contributed by atoms with E-state index in [0.29, 0.717) is 6.42 Å². The van der Waals surface area contributed by atoms with Gasteiger partial charge < -0.3 is 5.11 Å². The zero-order valence-electron chi connectivity index (χ0n) is 10.8. The second-order valence-corrected chi connectivity index (χ2v) is 5.75. The van der Waals surface area contributed by atoms with Gasteiger partial charge in [-0.1, -0.05) is 24.3 Å². The summed E-state index contributed by atoms with van der Waals surface area (Å²) in [6.07, 6.45) is 3.48. The van der Waals surface area contributed by atoms with Gasteiger partial charge in [-0.2, -0.15) is 0 Å². The fourth-order valence-electron chi connectivity index (χ4n) is 1.92. The van der Waals surface area contributed by atoms with Crippen LogP contribution in [-0.2, 0) is 9.59 Å². The Hall–Kier alpha value is -1.55. The molecule has 1 N–H and O–H groups in total. The summed E-state index contributed by atoms with van der Waals surface area (Å²) in [5, 5.41) is 8.94. The first kappa shape index (κ1) is 13.9. The molecule has 1 aliphatic heterocycles. The fraction of sp³-hybridized carbons (Fsp3) is 0.333. The van der Waals surface area contributed by atoms with Crippen molar-refractivity contribution in [2.24, 2.45) is 0 Å². The molecule has 1 atom stereocenters. The van der Waals surface area contributed by atoms with E-state index in [9.17, 15) is 9.59 Å². The topological polar surface area (TPSA) is 54.4 Å². The standard InChI is InChI=1S/C15H16O3S/c1-10(15(17)18)12-6-4-11(5-7-12)9-14-13(16)3-2-8-19-14/h4-7,9-10H,2-3,8H2,1H3,(H,17,18)/b14-9-. The van der Waals surface area contributed by atoms with Crippen molar-refractivity contribution in [2.45, 2.75) is 25.7 Å². The van der Waals surface area contributed by atoms with Crippen molar-refractivity contribution < 1.29 is 14.7 Å². The van der Waals surface area contributed by atoms with E-state index >= 15 is 0 Å². The molecule has 1 unspecified atom stereocenters. The molecule has 0 radical (unpaired) electrons. The van der Waals surface area contributed by atoms with Crippen molar-refractivity contribution in [3.63, 3.8) is 0 Å². The SMILES string of the molecule is CC(C(=O)O)c1ccc(/C=C2\SCCCC2=O)cc1. The first-order valence-corrected chi connectivity index (χ1v) is 7.27. The highest BCUT2D eigenvalue weighted by Gasteiger charge is 2.16. The maximum atomic E-state index is 11.7. The van der Waals surface area contributed by atoms with Gasteiger partial charge in [0.15, 0.2) is 5.78 Å². The van der Waals surface area contributed by atoms with Gasteiger partial charge in [0.1, 0.15) is 0 Å². The molecule has 1 heterocycles. The fourth-order valence-corrected chi connectivity index (χ4v) is 2.91. The maximum absolute atomic E-state index is 11.7. The minimum absolute atomic E-state index is 0.208. The van der Waals surface area contributed by atoms with Gasteiger partial charge in [0.2, 0.25) is 0 Å². The summed E-state index contributed by atoms with van der Waals surface area (Å²) >= 11 is 1.60. The van der Waals surface area contributed by atoms with Crippen LogP contribution >= 0.6 is 11.8 Å². The lowest BCUT2D eigenvalue weighted by molar-refractivity contribution is -0.138. The van der Waals surface area contributed by atoms with Gasteiger partial charge in [-0.3, -0.25) is 9.59 Å². The molecule has 0 amide bonds. The number of aliphatic carboxylic acids is 1. The molecule has 1 aromatic rings. The molecule has 0 aliphatic carbocycles. The molecular formula is C15H16O3S. The predicted octanol–water partition coefficient (Wildman–Crippen LogP) is 3.31. The highest BCUT2D eigenvalue weighted by atomic mass is 32.2. The quantitative estimate of drug-likeness (QED) is 0.860. The number of benzene rings is 1. The third-order valence-electron chi connectivity index (χ3n) is 3.19. The van der Waals surface area contributed by atoms with Crippen LogP contribution in [0.5, 0.6) is 0 Å². The normalized spacial score (nSPS) is 19.4. The molecule has 1 saturated heterocycles. The van der Waals surface area contributed by atoms with Crippen LogP contribution in [-0.4, -0.2) is 22.6 Å². The van der Waals surface area contributed by atoms with E-state index in [0.717, 1.165) is 28.2 Å². The molecule has 100 valence electrons. The zero-order valence-corrected chi connectivity index (χ0v) is 11.6. The van der Waals surface area contributed by atoms with Gasteiger partial charge in [0, 0.05) is 6.42 Å². The molecule has 1 aliphatic rings. The number of ketones is 1. The van der Waals surface area contributed by atoms with E-state index in [1.807, 2.05) is 30.3 Å². The van der Waals surface area contributed by atoms with Gasteiger partial charge in [-0.05, 0) is 36.3 Å². The molecule has 1 aromatic carbocycles. The Morgan fingerprint density at radius 1 is 1.37 bits per heavy atom. The Morgan fingerprint density at radius 3 is 2.63 bits per heavy atom. The average Bonchev–Trinajstić information content (AvgIpc) is 2.41. The number of thioether (sulfide) groups is 1. The van der Waals surface area contributed by atoms with Crippen molar-refractivity contribution in [1.29, 1.82) is 0 Å². The maximum Gasteiger partial charge on any atom is 0.310 e. The van der Waals surface area contributed by atoms with Crippen molar-refractivity contribution in [1.82, 2.24) is 0 Å². The molecular weight excluding hydrogens is 260 g/mol. The molecule has 0 saturated carbocycles. The number of rotatable bonds is 3. The number of carboxylic acid groups (broad SMARTS) is 1. The molecule has 3 nitrogen and oxygen atoms in total. The lowest BCUT2D eigenvalue weighted by Crippen LogP contribution is -2.07. The monoisotopic (exact) mass is 276 g/mol. The number of allylic oxidation sites excluding steroid dienone is 1. The summed E-state index contributed by atoms with van der Waals surface area (Å²) in [6.45, 7) is 1.66. The molecule has 0 spiro atoms. The molecule has 2 rings (SSSR count). The van der Waals surface area contributed by atoms with Gasteiger partial charge in [0.25, 0.3) is 0 Å². The summed E-state index contributed by atoms with van der Waals surface area (Å²) in [5.41, 5.74) is 1.72. The van der Waals surface area contributed by atoms with E-state index in [1.165, 1.54) is 0 Å². The molecule has 1 fully saturated rings. The summed E-state index contributed by atoms with van der Waals surface area (Å²) in [4.78, 5) is 23.4. The van der Waals surface area contributed by atoms with E-state index in [4.69, 9.17) is 5.11 Å². The molecule has 4 heteroatoms. The number of carbonyl (C=O) groups is 2. The van der Waals surface area contributed by atoms with Gasteiger partial charge in [-0.25, -0.2) is 0 Å². The Balaban J connectivity index is 2.16. The molecule has 19 heavy (non-hydrogen) atoms. The minimum atomic E-state index is -0.830. The second kappa shape index (κ2) is 6.06. The Labute approximate surface area is 116 Å². The number of carbonyl (C=O) groups excluding carboxylic acids is 1. The number of hydrogen-bond donors (Lipinski definition) is 1. The number of Topliss-reactive ketones (excluding diaryl/α,β-unsaturated/α-hetero) is 1. The Bertz CT molecular complexity index is 517. The summed E-state index contributed by atoms with van der Waals surface area (Å²) in [6, 6.07) is 7.35. The van der Waals surface area contributed by atoms with Crippen molar-refractivity contribution >= 4 is 29.6 Å². The lowest BCUT2D eigenvalue weighted by atomic mass is 10.00. The van der Waals surface area contributed by atoms with Crippen LogP contribution in [0.4, 0.5) is 0 Å². The van der Waals surface area contributed by atoms with Gasteiger partial charge >= 0.3 is 5.97 Å². The van der Waals surface area contributed by atoms with Gasteiger partial charge in [-0.15, -0.1) is 11.8 Å². The largest absolute Gasteiger partial charge is 0.481 e. The second-order valence-electron chi connectivity index (χ2n) is 4.61. The van der Waals surface area contributed by atoms with Crippen LogP contribution < -0.4 is 0 Å². The van der Waals surface area contributed by atoms with Crippen molar-refractivity contribution in [3.8, 4) is 0 Å². The average molecular weight is 276 g/mol. The van der Waals surface area contributed by atoms with Crippen LogP contribution in [0.1, 0.15) is 36.8 Å². The van der Waals surface area contributed by atoms with Crippen molar-refractivity contribution in [2.75, 3.05) is 5.75 Å². The van der Waals surface area contributed by atoms with E-state index in [1.54, 1.807) is 18.7 Å². The van der Waals surface area contributed by atoms with E-state index in [2.05, 4.69) is 0 Å². The third-order valence-corrected chi connectivity index (χ3v) is 4.33. The van der Waals surface area contributed by atoms with Crippen LogP contribution in [0.2, 0.25) is 0 Å². The van der Waals surface area contributed by atoms with Crippen LogP contribution in [0.15, 0.2) is 29.2 Å². The first-order valence-electron chi connectivity index (χ1n) is 6.28. The highest BCUT2D eigenvalue weighted by molar-refractivity contribution is 8.04. The van der Waals surface area contributed by atoms with Gasteiger partial charge in [0.05, 0.1) is 10.8 Å². The summed E-state index contributed by atoms with van der Waals surface area (Å²) in [7, 11) is 0. The smallest absolute Gasteiger partial charge is 0.310 e. The predicted molar refractivity (Wildman–Crippen MR) is 77.2 cm³/mol. The van der Waals surface area contributed by atoms with Crippen LogP contribution in [0, 0.1) is 0 Å². The van der Waals surface area contributed by atoms with E-state index in [-0.39, 0.29) is 5.78 Å². The number of hydrogen-bond acceptors (Lipinski definition) is 3. The van der Waals surface area contributed by atoms with Crippen LogP contribution in [0.25, 0.3) is 6.08 Å². The zero-order chi connectivity index (χ0) is 13.8. The van der Waals surface area contributed by atoms with E-state index < -0.39 is 11.9 Å². The molecule has 0 bridgehead atoms. The van der Waals surface area contributed by atoms with Crippen molar-refractivity contribution in [3.05, 3.63) is 40.3 Å². The molecule has 0 aromatic heterocycles. The summed E-state index contributed by atoms with van der Waals surface area (Å²) < 4.78 is 0. The Morgan fingerprint density at radius 2 is 2.05 bits per heavy atom.